The second-order valence-electron chi connectivity index (χ2n) is 4.94. The molecule has 0 aliphatic carbocycles. The molecule has 116 valence electrons. The minimum Gasteiger partial charge on any atom is -0.351 e. The van der Waals surface area contributed by atoms with Gasteiger partial charge < -0.3 is 21.3 Å². The molecule has 6 nitrogen and oxygen atoms in total. The first kappa shape index (κ1) is 17.0. The zero-order valence-electron chi connectivity index (χ0n) is 12.8. The minimum atomic E-state index is -0.257. The molecule has 0 spiro atoms. The number of amides is 3. The van der Waals surface area contributed by atoms with Gasteiger partial charge in [-0.25, -0.2) is 4.79 Å². The number of hydrogen-bond acceptors (Lipinski definition) is 3. The highest BCUT2D eigenvalue weighted by atomic mass is 16.2. The van der Waals surface area contributed by atoms with Gasteiger partial charge in [0.25, 0.3) is 5.91 Å². The number of carbonyl (C=O) groups excluding carboxylic acids is 2. The molecule has 0 heterocycles. The van der Waals surface area contributed by atoms with Crippen LogP contribution in [0.3, 0.4) is 0 Å². The van der Waals surface area contributed by atoms with Gasteiger partial charge in [0.2, 0.25) is 0 Å². The maximum Gasteiger partial charge on any atom is 0.319 e. The van der Waals surface area contributed by atoms with Crippen LogP contribution in [0.15, 0.2) is 24.3 Å². The monoisotopic (exact) mass is 292 g/mol. The van der Waals surface area contributed by atoms with Gasteiger partial charge in [-0.15, -0.1) is 0 Å². The van der Waals surface area contributed by atoms with Crippen molar-refractivity contribution in [1.29, 1.82) is 0 Å². The van der Waals surface area contributed by atoms with Crippen LogP contribution in [0.2, 0.25) is 0 Å². The van der Waals surface area contributed by atoms with E-state index in [9.17, 15) is 9.59 Å². The number of nitrogens with one attached hydrogen (secondary N) is 4. The summed E-state index contributed by atoms with van der Waals surface area (Å²) in [5.74, 6) is -0.119. The van der Waals surface area contributed by atoms with E-state index < -0.39 is 0 Å². The Balaban J connectivity index is 2.46. The van der Waals surface area contributed by atoms with E-state index in [1.165, 1.54) is 0 Å². The van der Waals surface area contributed by atoms with Gasteiger partial charge in [-0.05, 0) is 44.7 Å². The van der Waals surface area contributed by atoms with E-state index >= 15 is 0 Å². The second-order valence-corrected chi connectivity index (χ2v) is 4.94. The Morgan fingerprint density at radius 3 is 2.33 bits per heavy atom. The van der Waals surface area contributed by atoms with Gasteiger partial charge in [-0.1, -0.05) is 6.92 Å². The van der Waals surface area contributed by atoms with Gasteiger partial charge in [0.1, 0.15) is 0 Å². The van der Waals surface area contributed by atoms with Crippen molar-refractivity contribution in [1.82, 2.24) is 16.0 Å². The molecule has 0 saturated heterocycles. The lowest BCUT2D eigenvalue weighted by atomic mass is 10.2. The van der Waals surface area contributed by atoms with Crippen molar-refractivity contribution in [3.05, 3.63) is 29.8 Å². The molecule has 0 aliphatic heterocycles. The summed E-state index contributed by atoms with van der Waals surface area (Å²) in [6.07, 6.45) is 0. The topological polar surface area (TPSA) is 82.3 Å². The van der Waals surface area contributed by atoms with Crippen LogP contribution < -0.4 is 21.3 Å². The molecule has 0 aromatic heterocycles. The number of benzene rings is 1. The number of carbonyl (C=O) groups is 2. The van der Waals surface area contributed by atoms with Crippen molar-refractivity contribution in [2.75, 3.05) is 25.0 Å². The van der Waals surface area contributed by atoms with Crippen LogP contribution in [0, 0.1) is 0 Å². The molecule has 21 heavy (non-hydrogen) atoms. The molecular formula is C15H24N4O2. The summed E-state index contributed by atoms with van der Waals surface area (Å²) < 4.78 is 0. The molecule has 3 amide bonds. The molecule has 6 heteroatoms. The third-order valence-corrected chi connectivity index (χ3v) is 2.66. The molecule has 0 radical (unpaired) electrons. The molecular weight excluding hydrogens is 268 g/mol. The smallest absolute Gasteiger partial charge is 0.319 e. The Bertz CT molecular complexity index is 457. The summed E-state index contributed by atoms with van der Waals surface area (Å²) in [5.41, 5.74) is 1.22. The van der Waals surface area contributed by atoms with Crippen molar-refractivity contribution < 1.29 is 9.59 Å². The van der Waals surface area contributed by atoms with E-state index in [1.807, 2.05) is 20.8 Å². The van der Waals surface area contributed by atoms with E-state index in [0.29, 0.717) is 17.8 Å². The molecule has 0 fully saturated rings. The maximum atomic E-state index is 11.8. The minimum absolute atomic E-state index is 0.0757. The van der Waals surface area contributed by atoms with Crippen molar-refractivity contribution >= 4 is 17.6 Å². The highest BCUT2D eigenvalue weighted by Crippen LogP contribution is 2.09. The first-order valence-electron chi connectivity index (χ1n) is 7.19. The fourth-order valence-corrected chi connectivity index (χ4v) is 1.68. The summed E-state index contributed by atoms with van der Waals surface area (Å²) in [7, 11) is 0. The van der Waals surface area contributed by atoms with Crippen LogP contribution in [0.4, 0.5) is 10.5 Å². The normalized spacial score (nSPS) is 10.3. The summed E-state index contributed by atoms with van der Waals surface area (Å²) in [5, 5.41) is 11.4. The Morgan fingerprint density at radius 1 is 1.10 bits per heavy atom. The number of hydrogen-bond donors (Lipinski definition) is 4. The Morgan fingerprint density at radius 2 is 1.76 bits per heavy atom. The van der Waals surface area contributed by atoms with Crippen molar-refractivity contribution in [2.24, 2.45) is 0 Å². The van der Waals surface area contributed by atoms with E-state index in [4.69, 9.17) is 0 Å². The third-order valence-electron chi connectivity index (χ3n) is 2.66. The predicted molar refractivity (Wildman–Crippen MR) is 84.6 cm³/mol. The van der Waals surface area contributed by atoms with Crippen LogP contribution in [0.5, 0.6) is 0 Å². The van der Waals surface area contributed by atoms with Gasteiger partial charge in [0.15, 0.2) is 0 Å². The van der Waals surface area contributed by atoms with E-state index in [-0.39, 0.29) is 18.0 Å². The maximum absolute atomic E-state index is 11.8. The number of anilines is 1. The summed E-state index contributed by atoms with van der Waals surface area (Å²) in [4.78, 5) is 23.4. The fourth-order valence-electron chi connectivity index (χ4n) is 1.68. The van der Waals surface area contributed by atoms with Crippen LogP contribution >= 0.6 is 0 Å². The fraction of sp³-hybridized carbons (Fsp3) is 0.467. The Labute approximate surface area is 125 Å². The van der Waals surface area contributed by atoms with Crippen molar-refractivity contribution in [3.63, 3.8) is 0 Å². The van der Waals surface area contributed by atoms with Gasteiger partial charge in [0.05, 0.1) is 0 Å². The average molecular weight is 292 g/mol. The van der Waals surface area contributed by atoms with E-state index in [1.54, 1.807) is 24.3 Å². The zero-order valence-corrected chi connectivity index (χ0v) is 12.8. The van der Waals surface area contributed by atoms with Crippen LogP contribution in [-0.4, -0.2) is 37.6 Å². The zero-order chi connectivity index (χ0) is 15.7. The molecule has 1 aromatic rings. The molecule has 0 aliphatic rings. The first-order valence-corrected chi connectivity index (χ1v) is 7.19. The van der Waals surface area contributed by atoms with Crippen LogP contribution in [-0.2, 0) is 0 Å². The van der Waals surface area contributed by atoms with Crippen LogP contribution in [0.1, 0.15) is 31.1 Å². The summed E-state index contributed by atoms with van der Waals surface area (Å²) in [6, 6.07) is 6.61. The highest BCUT2D eigenvalue weighted by molar-refractivity contribution is 5.95. The first-order chi connectivity index (χ1) is 10.0. The van der Waals surface area contributed by atoms with Gasteiger partial charge in [-0.3, -0.25) is 4.79 Å². The largest absolute Gasteiger partial charge is 0.351 e. The second kappa shape index (κ2) is 8.97. The molecule has 1 aromatic carbocycles. The standard InChI is InChI=1S/C15H24N4O2/c1-4-16-9-10-17-14(20)12-5-7-13(8-6-12)19-15(21)18-11(2)3/h5-8,11,16H,4,9-10H2,1-3H3,(H,17,20)(H2,18,19,21). The van der Waals surface area contributed by atoms with Crippen molar-refractivity contribution in [2.45, 2.75) is 26.8 Å². The number of likely N-dealkylation sites (N-methyl/N-ethyl adjacent to an activating group) is 1. The summed E-state index contributed by atoms with van der Waals surface area (Å²) in [6.45, 7) is 8.01. The predicted octanol–water partition coefficient (Wildman–Crippen LogP) is 1.56. The Hall–Kier alpha value is -2.08. The van der Waals surface area contributed by atoms with Crippen LogP contribution in [0.25, 0.3) is 0 Å². The Kier molecular flexibility index (Phi) is 7.25. The molecule has 0 bridgehead atoms. The lowest BCUT2D eigenvalue weighted by molar-refractivity contribution is 0.0954. The molecule has 0 saturated carbocycles. The number of urea groups is 1. The lowest BCUT2D eigenvalue weighted by Crippen LogP contribution is -2.34. The SMILES string of the molecule is CCNCCNC(=O)c1ccc(NC(=O)NC(C)C)cc1. The van der Waals surface area contributed by atoms with Gasteiger partial charge >= 0.3 is 6.03 Å². The quantitative estimate of drug-likeness (QED) is 0.576. The number of rotatable bonds is 7. The molecule has 0 unspecified atom stereocenters. The molecule has 4 N–H and O–H groups in total. The highest BCUT2D eigenvalue weighted by Gasteiger charge is 2.06. The summed E-state index contributed by atoms with van der Waals surface area (Å²) >= 11 is 0. The van der Waals surface area contributed by atoms with E-state index in [0.717, 1.165) is 13.1 Å². The molecule has 0 atom stereocenters. The molecule has 1 rings (SSSR count). The average Bonchev–Trinajstić information content (AvgIpc) is 2.43. The van der Waals surface area contributed by atoms with Crippen molar-refractivity contribution in [3.8, 4) is 0 Å². The third kappa shape index (κ3) is 6.76. The van der Waals surface area contributed by atoms with Gasteiger partial charge in [-0.2, -0.15) is 0 Å². The van der Waals surface area contributed by atoms with E-state index in [2.05, 4.69) is 21.3 Å². The lowest BCUT2D eigenvalue weighted by Gasteiger charge is -2.10. The van der Waals surface area contributed by atoms with Gasteiger partial charge in [0, 0.05) is 30.4 Å².